The molecule has 2 nitrogen and oxygen atoms in total. The van der Waals surface area contributed by atoms with Gasteiger partial charge < -0.3 is 9.47 Å². The van der Waals surface area contributed by atoms with Crippen molar-refractivity contribution in [2.45, 2.75) is 25.7 Å². The van der Waals surface area contributed by atoms with E-state index in [1.165, 1.54) is 17.5 Å². The lowest BCUT2D eigenvalue weighted by molar-refractivity contribution is 0.267. The van der Waals surface area contributed by atoms with Gasteiger partial charge in [-0.25, -0.2) is 0 Å². The quantitative estimate of drug-likeness (QED) is 0.722. The number of benzene rings is 1. The molecule has 1 aliphatic rings. The third-order valence-corrected chi connectivity index (χ3v) is 3.05. The van der Waals surface area contributed by atoms with Crippen LogP contribution in [0.1, 0.15) is 30.4 Å². The van der Waals surface area contributed by atoms with Gasteiger partial charge in [0.1, 0.15) is 5.75 Å². The second kappa shape index (κ2) is 5.06. The maximum absolute atomic E-state index is 5.25. The fraction of sp³-hybridized carbons (Fsp3) is 0.429. The largest absolute Gasteiger partial charge is 0.502 e. The molecule has 0 aromatic heterocycles. The van der Waals surface area contributed by atoms with E-state index in [1.54, 1.807) is 7.11 Å². The summed E-state index contributed by atoms with van der Waals surface area (Å²) in [6, 6.07) is 6.34. The van der Waals surface area contributed by atoms with Gasteiger partial charge in [-0.1, -0.05) is 6.07 Å². The van der Waals surface area contributed by atoms with Crippen LogP contribution in [0.2, 0.25) is 0 Å². The molecule has 0 heterocycles. The minimum atomic E-state index is 0.507. The van der Waals surface area contributed by atoms with Gasteiger partial charge in [-0.05, 0) is 49.1 Å². The molecule has 2 heteroatoms. The zero-order valence-electron chi connectivity index (χ0n) is 9.90. The smallest absolute Gasteiger partial charge is 0.119 e. The molecule has 0 saturated carbocycles. The molecule has 0 saturated heterocycles. The summed E-state index contributed by atoms with van der Waals surface area (Å²) >= 11 is 0. The predicted molar refractivity (Wildman–Crippen MR) is 64.8 cm³/mol. The monoisotopic (exact) mass is 218 g/mol. The summed E-state index contributed by atoms with van der Waals surface area (Å²) in [7, 11) is 1.71. The third kappa shape index (κ3) is 2.21. The highest BCUT2D eigenvalue weighted by atomic mass is 16.5. The van der Waals surface area contributed by atoms with Crippen LogP contribution >= 0.6 is 0 Å². The first-order valence-corrected chi connectivity index (χ1v) is 5.80. The Balaban J connectivity index is 2.14. The summed E-state index contributed by atoms with van der Waals surface area (Å²) in [6.45, 7) is 2.73. The van der Waals surface area contributed by atoms with Gasteiger partial charge in [0.2, 0.25) is 0 Å². The van der Waals surface area contributed by atoms with Crippen molar-refractivity contribution < 1.29 is 9.47 Å². The average Bonchev–Trinajstić information content (AvgIpc) is 2.72. The fourth-order valence-corrected chi connectivity index (χ4v) is 2.20. The van der Waals surface area contributed by atoms with Gasteiger partial charge in [0.15, 0.2) is 0 Å². The van der Waals surface area contributed by atoms with E-state index in [4.69, 9.17) is 9.47 Å². The number of hydrogen-bond donors (Lipinski definition) is 0. The van der Waals surface area contributed by atoms with Crippen LogP contribution in [0.3, 0.4) is 0 Å². The van der Waals surface area contributed by atoms with Crippen LogP contribution in [0, 0.1) is 0 Å². The standard InChI is InChI=1S/C14H18O2/c1-3-16-9-8-11-4-5-12-10-13(15-2)6-7-14(11)12/h6-11H,3-5H2,1-2H3/b9-8+/t11-/m0/s1. The summed E-state index contributed by atoms with van der Waals surface area (Å²) < 4.78 is 10.5. The molecule has 1 aromatic carbocycles. The Morgan fingerprint density at radius 3 is 3.06 bits per heavy atom. The third-order valence-electron chi connectivity index (χ3n) is 3.05. The Morgan fingerprint density at radius 1 is 1.44 bits per heavy atom. The summed E-state index contributed by atoms with van der Waals surface area (Å²) in [5.41, 5.74) is 2.82. The van der Waals surface area contributed by atoms with Gasteiger partial charge in [-0.3, -0.25) is 0 Å². The van der Waals surface area contributed by atoms with Gasteiger partial charge >= 0.3 is 0 Å². The molecule has 86 valence electrons. The molecule has 2 rings (SSSR count). The molecule has 0 radical (unpaired) electrons. The first kappa shape index (κ1) is 11.1. The number of hydrogen-bond acceptors (Lipinski definition) is 2. The summed E-state index contributed by atoms with van der Waals surface area (Å²) in [4.78, 5) is 0. The van der Waals surface area contributed by atoms with E-state index < -0.39 is 0 Å². The molecule has 1 aliphatic carbocycles. The fourth-order valence-electron chi connectivity index (χ4n) is 2.20. The van der Waals surface area contributed by atoms with Gasteiger partial charge in [-0.2, -0.15) is 0 Å². The minimum absolute atomic E-state index is 0.507. The Morgan fingerprint density at radius 2 is 2.31 bits per heavy atom. The maximum atomic E-state index is 5.25. The highest BCUT2D eigenvalue weighted by Gasteiger charge is 2.20. The van der Waals surface area contributed by atoms with Crippen LogP contribution < -0.4 is 4.74 Å². The summed E-state index contributed by atoms with van der Waals surface area (Å²) in [5, 5.41) is 0. The van der Waals surface area contributed by atoms with E-state index in [1.807, 2.05) is 19.3 Å². The van der Waals surface area contributed by atoms with Crippen LogP contribution in [0.15, 0.2) is 30.5 Å². The van der Waals surface area contributed by atoms with Gasteiger partial charge in [-0.15, -0.1) is 0 Å². The van der Waals surface area contributed by atoms with Crippen molar-refractivity contribution in [1.29, 1.82) is 0 Å². The molecule has 0 spiro atoms. The van der Waals surface area contributed by atoms with E-state index in [2.05, 4.69) is 18.2 Å². The lowest BCUT2D eigenvalue weighted by Crippen LogP contribution is -1.90. The number of allylic oxidation sites excluding steroid dienone is 1. The number of fused-ring (bicyclic) bond motifs is 1. The molecule has 0 unspecified atom stereocenters. The molecule has 0 fully saturated rings. The normalized spacial score (nSPS) is 18.8. The van der Waals surface area contributed by atoms with Crippen LogP contribution in [0.5, 0.6) is 5.75 Å². The summed E-state index contributed by atoms with van der Waals surface area (Å²) in [5.74, 6) is 1.46. The Kier molecular flexibility index (Phi) is 3.50. The van der Waals surface area contributed by atoms with E-state index in [9.17, 15) is 0 Å². The van der Waals surface area contributed by atoms with E-state index >= 15 is 0 Å². The van der Waals surface area contributed by atoms with Gasteiger partial charge in [0.05, 0.1) is 20.0 Å². The van der Waals surface area contributed by atoms with Crippen LogP contribution in [-0.2, 0) is 11.2 Å². The van der Waals surface area contributed by atoms with Crippen LogP contribution in [0.4, 0.5) is 0 Å². The van der Waals surface area contributed by atoms with Crippen molar-refractivity contribution in [3.8, 4) is 5.75 Å². The molecular weight excluding hydrogens is 200 g/mol. The highest BCUT2D eigenvalue weighted by molar-refractivity contribution is 5.42. The first-order chi connectivity index (χ1) is 7.85. The van der Waals surface area contributed by atoms with Crippen molar-refractivity contribution in [2.24, 2.45) is 0 Å². The van der Waals surface area contributed by atoms with Crippen molar-refractivity contribution in [1.82, 2.24) is 0 Å². The topological polar surface area (TPSA) is 18.5 Å². The molecule has 1 atom stereocenters. The number of ether oxygens (including phenoxy) is 2. The molecule has 1 aromatic rings. The van der Waals surface area contributed by atoms with Crippen molar-refractivity contribution in [2.75, 3.05) is 13.7 Å². The number of aryl methyl sites for hydroxylation is 1. The Bertz CT molecular complexity index is 382. The molecular formula is C14H18O2. The average molecular weight is 218 g/mol. The van der Waals surface area contributed by atoms with Crippen molar-refractivity contribution >= 4 is 0 Å². The molecule has 0 amide bonds. The van der Waals surface area contributed by atoms with E-state index in [0.717, 1.165) is 18.8 Å². The predicted octanol–water partition coefficient (Wildman–Crippen LogP) is 3.28. The second-order valence-electron chi connectivity index (χ2n) is 3.99. The second-order valence-corrected chi connectivity index (χ2v) is 3.99. The van der Waals surface area contributed by atoms with Gasteiger partial charge in [0.25, 0.3) is 0 Å². The number of methoxy groups -OCH3 is 1. The van der Waals surface area contributed by atoms with Crippen molar-refractivity contribution in [3.05, 3.63) is 41.7 Å². The molecule has 16 heavy (non-hydrogen) atoms. The van der Waals surface area contributed by atoms with Crippen LogP contribution in [-0.4, -0.2) is 13.7 Å². The molecule has 0 aliphatic heterocycles. The lowest BCUT2D eigenvalue weighted by Gasteiger charge is -2.07. The van der Waals surface area contributed by atoms with E-state index in [0.29, 0.717) is 5.92 Å². The summed E-state index contributed by atoms with van der Waals surface area (Å²) in [6.07, 6.45) is 6.28. The molecule has 0 bridgehead atoms. The zero-order chi connectivity index (χ0) is 11.4. The van der Waals surface area contributed by atoms with E-state index in [-0.39, 0.29) is 0 Å². The zero-order valence-corrected chi connectivity index (χ0v) is 9.90. The Hall–Kier alpha value is -1.44. The van der Waals surface area contributed by atoms with Crippen molar-refractivity contribution in [3.63, 3.8) is 0 Å². The highest BCUT2D eigenvalue weighted by Crippen LogP contribution is 2.35. The lowest BCUT2D eigenvalue weighted by atomic mass is 10.0. The first-order valence-electron chi connectivity index (χ1n) is 5.80. The Labute approximate surface area is 96.9 Å². The minimum Gasteiger partial charge on any atom is -0.502 e. The van der Waals surface area contributed by atoms with Crippen LogP contribution in [0.25, 0.3) is 0 Å². The maximum Gasteiger partial charge on any atom is 0.119 e. The SMILES string of the molecule is CCO/C=C/[C@@H]1CCc2cc(OC)ccc21. The van der Waals surface area contributed by atoms with Gasteiger partial charge in [0, 0.05) is 5.92 Å². The molecule has 0 N–H and O–H groups in total. The number of rotatable bonds is 4.